The van der Waals surface area contributed by atoms with Crippen LogP contribution in [0.15, 0.2) is 24.4 Å². The van der Waals surface area contributed by atoms with Crippen LogP contribution in [0.25, 0.3) is 0 Å². The van der Waals surface area contributed by atoms with Gasteiger partial charge in [0.25, 0.3) is 5.91 Å². The molecule has 2 rings (SSSR count). The van der Waals surface area contributed by atoms with Crippen LogP contribution >= 0.6 is 11.5 Å². The van der Waals surface area contributed by atoms with Crippen LogP contribution in [0.2, 0.25) is 0 Å². The van der Waals surface area contributed by atoms with Gasteiger partial charge in [-0.05, 0) is 23.7 Å². The zero-order chi connectivity index (χ0) is 13.1. The number of rotatable bonds is 3. The van der Waals surface area contributed by atoms with Crippen LogP contribution in [-0.4, -0.2) is 31.7 Å². The molecule has 0 aliphatic carbocycles. The van der Waals surface area contributed by atoms with Crippen LogP contribution in [0.4, 0.5) is 5.69 Å². The largest absolute Gasteiger partial charge is 0.505 e. The summed E-state index contributed by atoms with van der Waals surface area (Å²) >= 11 is 0.896. The molecule has 0 aliphatic rings. The number of nitrogens with one attached hydrogen (secondary N) is 1. The van der Waals surface area contributed by atoms with E-state index in [9.17, 15) is 14.7 Å². The molecule has 3 N–H and O–H groups in total. The highest BCUT2D eigenvalue weighted by Crippen LogP contribution is 2.27. The molecule has 0 unspecified atom stereocenters. The molecule has 1 heterocycles. The van der Waals surface area contributed by atoms with Crippen molar-refractivity contribution in [1.82, 2.24) is 9.59 Å². The normalized spacial score (nSPS) is 10.0. The minimum Gasteiger partial charge on any atom is -0.505 e. The fourth-order valence-corrected chi connectivity index (χ4v) is 1.68. The number of aromatic nitrogens is 2. The van der Waals surface area contributed by atoms with Gasteiger partial charge in [0.1, 0.15) is 10.4 Å². The highest BCUT2D eigenvalue weighted by Gasteiger charge is 2.16. The number of aromatic hydroxyl groups is 1. The Hall–Kier alpha value is -2.48. The number of para-hydroxylation sites is 1. The number of amides is 1. The fourth-order valence-electron chi connectivity index (χ4n) is 1.27. The number of benzene rings is 1. The molecule has 0 fully saturated rings. The summed E-state index contributed by atoms with van der Waals surface area (Å²) in [6, 6.07) is 4.05. The Kier molecular flexibility index (Phi) is 3.20. The number of aromatic carboxylic acids is 1. The van der Waals surface area contributed by atoms with Crippen molar-refractivity contribution in [1.29, 1.82) is 0 Å². The number of carboxylic acid groups (broad SMARTS) is 1. The molecular weight excluding hydrogens is 258 g/mol. The first-order valence-electron chi connectivity index (χ1n) is 4.73. The summed E-state index contributed by atoms with van der Waals surface area (Å²) in [5.74, 6) is -2.28. The van der Waals surface area contributed by atoms with E-state index in [-0.39, 0.29) is 16.1 Å². The molecule has 92 valence electrons. The molecule has 8 heteroatoms. The van der Waals surface area contributed by atoms with E-state index >= 15 is 0 Å². The Morgan fingerprint density at radius 3 is 2.72 bits per heavy atom. The van der Waals surface area contributed by atoms with E-state index in [2.05, 4.69) is 14.9 Å². The van der Waals surface area contributed by atoms with Gasteiger partial charge >= 0.3 is 5.97 Å². The molecule has 0 spiro atoms. The van der Waals surface area contributed by atoms with Gasteiger partial charge in [0, 0.05) is 0 Å². The number of carbonyl (C=O) groups is 2. The second-order valence-corrected chi connectivity index (χ2v) is 4.03. The Morgan fingerprint density at radius 1 is 1.33 bits per heavy atom. The zero-order valence-corrected chi connectivity index (χ0v) is 9.64. The average Bonchev–Trinajstić information content (AvgIpc) is 2.85. The van der Waals surface area contributed by atoms with Gasteiger partial charge in [-0.25, -0.2) is 4.79 Å². The molecule has 0 aliphatic heterocycles. The molecule has 18 heavy (non-hydrogen) atoms. The van der Waals surface area contributed by atoms with E-state index < -0.39 is 17.6 Å². The van der Waals surface area contributed by atoms with E-state index in [4.69, 9.17) is 5.11 Å². The third-order valence-electron chi connectivity index (χ3n) is 2.10. The predicted molar refractivity (Wildman–Crippen MR) is 62.9 cm³/mol. The van der Waals surface area contributed by atoms with Crippen molar-refractivity contribution in [2.75, 3.05) is 5.32 Å². The highest BCUT2D eigenvalue weighted by atomic mass is 32.1. The Bertz CT molecular complexity index is 597. The lowest BCUT2D eigenvalue weighted by atomic mass is 10.1. The summed E-state index contributed by atoms with van der Waals surface area (Å²) in [6.07, 6.45) is 1.28. The lowest BCUT2D eigenvalue weighted by Gasteiger charge is -2.07. The van der Waals surface area contributed by atoms with E-state index in [0.717, 1.165) is 11.5 Å². The van der Waals surface area contributed by atoms with Crippen molar-refractivity contribution in [3.63, 3.8) is 0 Å². The first-order valence-corrected chi connectivity index (χ1v) is 5.51. The van der Waals surface area contributed by atoms with Crippen LogP contribution < -0.4 is 5.32 Å². The summed E-state index contributed by atoms with van der Waals surface area (Å²) in [5, 5.41) is 24.4. The quantitative estimate of drug-likeness (QED) is 0.718. The minimum atomic E-state index is -1.27. The van der Waals surface area contributed by atoms with Gasteiger partial charge in [-0.2, -0.15) is 0 Å². The van der Waals surface area contributed by atoms with Gasteiger partial charge in [0.05, 0.1) is 11.9 Å². The maximum atomic E-state index is 11.7. The summed E-state index contributed by atoms with van der Waals surface area (Å²) in [7, 11) is 0. The standard InChI is InChI=1S/C10H7N3O4S/c14-8-5(10(16)17)2-1-3-6(8)12-9(15)7-4-11-13-18-7/h1-4,14H,(H,12,15)(H,16,17). The Balaban J connectivity index is 2.27. The number of carboxylic acids is 1. The summed E-state index contributed by atoms with van der Waals surface area (Å²) in [6.45, 7) is 0. The highest BCUT2D eigenvalue weighted by molar-refractivity contribution is 7.07. The topological polar surface area (TPSA) is 112 Å². The Morgan fingerprint density at radius 2 is 2.11 bits per heavy atom. The van der Waals surface area contributed by atoms with Gasteiger partial charge in [-0.1, -0.05) is 10.6 Å². The summed E-state index contributed by atoms with van der Waals surface area (Å²) in [5.41, 5.74) is -0.261. The monoisotopic (exact) mass is 265 g/mol. The van der Waals surface area contributed by atoms with Crippen molar-refractivity contribution in [3.8, 4) is 5.75 Å². The first-order chi connectivity index (χ1) is 8.59. The van der Waals surface area contributed by atoms with Gasteiger partial charge in [-0.3, -0.25) is 4.79 Å². The third kappa shape index (κ3) is 2.28. The maximum absolute atomic E-state index is 11.7. The molecule has 1 amide bonds. The lowest BCUT2D eigenvalue weighted by Crippen LogP contribution is -2.11. The number of phenols is 1. The average molecular weight is 265 g/mol. The molecule has 0 saturated heterocycles. The summed E-state index contributed by atoms with van der Waals surface area (Å²) in [4.78, 5) is 22.7. The second kappa shape index (κ2) is 4.80. The van der Waals surface area contributed by atoms with Gasteiger partial charge < -0.3 is 15.5 Å². The van der Waals surface area contributed by atoms with E-state index in [1.165, 1.54) is 24.4 Å². The number of hydrogen-bond donors (Lipinski definition) is 3. The molecular formula is C10H7N3O4S. The van der Waals surface area contributed by atoms with Crippen molar-refractivity contribution in [2.24, 2.45) is 0 Å². The van der Waals surface area contributed by atoms with Gasteiger partial charge in [0.15, 0.2) is 5.75 Å². The minimum absolute atomic E-state index is 0.0216. The fraction of sp³-hybridized carbons (Fsp3) is 0. The van der Waals surface area contributed by atoms with Crippen molar-refractivity contribution < 1.29 is 19.8 Å². The van der Waals surface area contributed by atoms with E-state index in [1.54, 1.807) is 0 Å². The molecule has 1 aromatic heterocycles. The molecule has 7 nitrogen and oxygen atoms in total. The lowest BCUT2D eigenvalue weighted by molar-refractivity contribution is 0.0693. The number of hydrogen-bond acceptors (Lipinski definition) is 6. The zero-order valence-electron chi connectivity index (χ0n) is 8.82. The SMILES string of the molecule is O=C(Nc1cccc(C(=O)O)c1O)c1cnns1. The predicted octanol–water partition coefficient (Wildman–Crippen LogP) is 1.19. The number of carbonyl (C=O) groups excluding carboxylic acids is 1. The van der Waals surface area contributed by atoms with Crippen molar-refractivity contribution in [3.05, 3.63) is 34.8 Å². The molecule has 0 bridgehead atoms. The van der Waals surface area contributed by atoms with Crippen LogP contribution in [0, 0.1) is 0 Å². The third-order valence-corrected chi connectivity index (χ3v) is 2.76. The van der Waals surface area contributed by atoms with Crippen LogP contribution in [0.1, 0.15) is 20.0 Å². The van der Waals surface area contributed by atoms with Gasteiger partial charge in [-0.15, -0.1) is 5.10 Å². The molecule has 2 aromatic rings. The molecule has 0 saturated carbocycles. The molecule has 0 radical (unpaired) electrons. The van der Waals surface area contributed by atoms with Crippen LogP contribution in [0.3, 0.4) is 0 Å². The van der Waals surface area contributed by atoms with E-state index in [1.807, 2.05) is 0 Å². The Labute approximate surface area is 105 Å². The van der Waals surface area contributed by atoms with Crippen molar-refractivity contribution >= 4 is 29.1 Å². The number of nitrogens with zero attached hydrogens (tertiary/aromatic N) is 2. The number of anilines is 1. The molecule has 1 aromatic carbocycles. The van der Waals surface area contributed by atoms with Gasteiger partial charge in [0.2, 0.25) is 0 Å². The summed E-state index contributed by atoms with van der Waals surface area (Å²) < 4.78 is 3.53. The van der Waals surface area contributed by atoms with Crippen LogP contribution in [0.5, 0.6) is 5.75 Å². The first kappa shape index (κ1) is 12.0. The van der Waals surface area contributed by atoms with Crippen LogP contribution in [-0.2, 0) is 0 Å². The maximum Gasteiger partial charge on any atom is 0.339 e. The van der Waals surface area contributed by atoms with E-state index in [0.29, 0.717) is 0 Å². The smallest absolute Gasteiger partial charge is 0.339 e. The molecule has 0 atom stereocenters. The van der Waals surface area contributed by atoms with Crippen molar-refractivity contribution in [2.45, 2.75) is 0 Å². The second-order valence-electron chi connectivity index (χ2n) is 3.24.